The van der Waals surface area contributed by atoms with Crippen molar-refractivity contribution in [1.29, 1.82) is 0 Å². The van der Waals surface area contributed by atoms with E-state index in [-0.39, 0.29) is 18.7 Å². The normalized spacial score (nSPS) is 22.0. The highest BCUT2D eigenvalue weighted by Crippen LogP contribution is 2.36. The summed E-state index contributed by atoms with van der Waals surface area (Å²) in [5, 5.41) is 11.0. The van der Waals surface area contributed by atoms with E-state index in [1.165, 1.54) is 5.56 Å². The van der Waals surface area contributed by atoms with E-state index >= 15 is 0 Å². The summed E-state index contributed by atoms with van der Waals surface area (Å²) in [7, 11) is 2.05. The van der Waals surface area contributed by atoms with Crippen molar-refractivity contribution in [2.24, 2.45) is 0 Å². The molecule has 1 aliphatic rings. The summed E-state index contributed by atoms with van der Waals surface area (Å²) in [6.45, 7) is 3.76. The Bertz CT molecular complexity index is 705. The molecule has 0 amide bonds. The molecular formula is C19H22Cl2N2O. The second-order valence-corrected chi connectivity index (χ2v) is 7.29. The number of benzene rings is 2. The fraction of sp³-hybridized carbons (Fsp3) is 0.368. The van der Waals surface area contributed by atoms with Gasteiger partial charge in [0.25, 0.3) is 0 Å². The van der Waals surface area contributed by atoms with Gasteiger partial charge in [0.15, 0.2) is 0 Å². The van der Waals surface area contributed by atoms with Crippen LogP contribution in [0.15, 0.2) is 42.5 Å². The molecule has 0 unspecified atom stereocenters. The Labute approximate surface area is 153 Å². The van der Waals surface area contributed by atoms with Gasteiger partial charge in [-0.1, -0.05) is 47.0 Å². The van der Waals surface area contributed by atoms with Gasteiger partial charge in [0.05, 0.1) is 18.7 Å². The molecule has 2 atom stereocenters. The number of hydrogen-bond donors (Lipinski definition) is 1. The van der Waals surface area contributed by atoms with Crippen molar-refractivity contribution in [2.75, 3.05) is 31.6 Å². The number of hydrogen-bond acceptors (Lipinski definition) is 3. The van der Waals surface area contributed by atoms with Gasteiger partial charge in [-0.15, -0.1) is 0 Å². The van der Waals surface area contributed by atoms with Gasteiger partial charge in [0, 0.05) is 28.8 Å². The first kappa shape index (κ1) is 17.6. The second-order valence-electron chi connectivity index (χ2n) is 6.45. The molecule has 1 aliphatic heterocycles. The molecule has 3 rings (SSSR count). The number of anilines is 1. The number of likely N-dealkylation sites (N-methyl/N-ethyl adjacent to an activating group) is 1. The van der Waals surface area contributed by atoms with E-state index in [2.05, 4.69) is 41.0 Å². The monoisotopic (exact) mass is 364 g/mol. The first-order chi connectivity index (χ1) is 11.5. The van der Waals surface area contributed by atoms with E-state index < -0.39 is 0 Å². The Morgan fingerprint density at radius 3 is 2.42 bits per heavy atom. The lowest BCUT2D eigenvalue weighted by molar-refractivity contribution is 0.119. The summed E-state index contributed by atoms with van der Waals surface area (Å²) in [6, 6.07) is 14.4. The van der Waals surface area contributed by atoms with E-state index in [9.17, 15) is 5.11 Å². The van der Waals surface area contributed by atoms with Gasteiger partial charge in [-0.3, -0.25) is 4.90 Å². The topological polar surface area (TPSA) is 26.7 Å². The molecule has 2 aromatic carbocycles. The Hall–Kier alpha value is -1.26. The molecule has 5 heteroatoms. The molecule has 1 N–H and O–H groups in total. The highest BCUT2D eigenvalue weighted by Gasteiger charge is 2.33. The van der Waals surface area contributed by atoms with Crippen LogP contribution < -0.4 is 4.90 Å². The minimum atomic E-state index is 0.105. The van der Waals surface area contributed by atoms with Crippen LogP contribution in [0, 0.1) is 6.92 Å². The number of halogens is 2. The maximum atomic E-state index is 9.71. The van der Waals surface area contributed by atoms with E-state index in [1.807, 2.05) is 19.2 Å². The zero-order valence-corrected chi connectivity index (χ0v) is 15.4. The highest BCUT2D eigenvalue weighted by molar-refractivity contribution is 6.35. The van der Waals surface area contributed by atoms with Crippen LogP contribution in [-0.4, -0.2) is 42.8 Å². The zero-order chi connectivity index (χ0) is 17.3. The summed E-state index contributed by atoms with van der Waals surface area (Å²) in [5.41, 5.74) is 3.43. The summed E-state index contributed by atoms with van der Waals surface area (Å²) in [6.07, 6.45) is 0. The van der Waals surface area contributed by atoms with Crippen molar-refractivity contribution in [1.82, 2.24) is 4.90 Å². The number of nitrogens with zero attached hydrogens (tertiary/aromatic N) is 2. The minimum absolute atomic E-state index is 0.105. The molecule has 1 saturated heterocycles. The molecule has 3 nitrogen and oxygen atoms in total. The number of aliphatic hydroxyl groups is 1. The van der Waals surface area contributed by atoms with Gasteiger partial charge in [-0.25, -0.2) is 0 Å². The van der Waals surface area contributed by atoms with Crippen molar-refractivity contribution in [3.63, 3.8) is 0 Å². The van der Waals surface area contributed by atoms with Crippen molar-refractivity contribution < 1.29 is 5.11 Å². The Balaban J connectivity index is 2.00. The van der Waals surface area contributed by atoms with Gasteiger partial charge >= 0.3 is 0 Å². The first-order valence-electron chi connectivity index (χ1n) is 8.09. The predicted molar refractivity (Wildman–Crippen MR) is 101 cm³/mol. The summed E-state index contributed by atoms with van der Waals surface area (Å²) in [4.78, 5) is 4.52. The molecule has 0 radical (unpaired) electrons. The molecule has 2 aromatic rings. The molecule has 24 heavy (non-hydrogen) atoms. The van der Waals surface area contributed by atoms with Crippen LogP contribution >= 0.6 is 23.2 Å². The predicted octanol–water partition coefficient (Wildman–Crippen LogP) is 4.16. The number of aryl methyl sites for hydroxylation is 1. The third kappa shape index (κ3) is 3.55. The molecular weight excluding hydrogens is 343 g/mol. The van der Waals surface area contributed by atoms with E-state index in [0.717, 1.165) is 24.3 Å². The lowest BCUT2D eigenvalue weighted by atomic mass is 9.98. The highest BCUT2D eigenvalue weighted by atomic mass is 35.5. The van der Waals surface area contributed by atoms with Gasteiger partial charge < -0.3 is 10.0 Å². The SMILES string of the molecule is Cc1ccc(N2C[C@H](CO)N(C)C[C@@H]2c2ccc(Cl)cc2Cl)cc1. The summed E-state index contributed by atoms with van der Waals surface area (Å²) in [5.74, 6) is 0. The second kappa shape index (κ2) is 7.32. The van der Waals surface area contributed by atoms with Crippen molar-refractivity contribution in [2.45, 2.75) is 19.0 Å². The molecule has 0 aromatic heterocycles. The van der Waals surface area contributed by atoms with E-state index in [1.54, 1.807) is 6.07 Å². The maximum absolute atomic E-state index is 9.71. The molecule has 1 fully saturated rings. The summed E-state index contributed by atoms with van der Waals surface area (Å²) < 4.78 is 0. The largest absolute Gasteiger partial charge is 0.395 e. The smallest absolute Gasteiger partial charge is 0.0684 e. The molecule has 0 bridgehead atoms. The van der Waals surface area contributed by atoms with Gasteiger partial charge in [-0.2, -0.15) is 0 Å². The number of rotatable bonds is 3. The standard InChI is InChI=1S/C19H22Cl2N2O/c1-13-3-6-15(7-4-13)23-10-16(12-24)22(2)11-19(23)17-8-5-14(20)9-18(17)21/h3-9,16,19,24H,10-12H2,1-2H3/t16-,19-/m1/s1. The zero-order valence-electron chi connectivity index (χ0n) is 13.9. The van der Waals surface area contributed by atoms with E-state index in [4.69, 9.17) is 23.2 Å². The number of piperazine rings is 1. The Morgan fingerprint density at radius 1 is 1.08 bits per heavy atom. The molecule has 0 aliphatic carbocycles. The van der Waals surface area contributed by atoms with Gasteiger partial charge in [0.2, 0.25) is 0 Å². The molecule has 1 heterocycles. The van der Waals surface area contributed by atoms with Crippen LogP contribution in [0.2, 0.25) is 10.0 Å². The van der Waals surface area contributed by atoms with Crippen LogP contribution in [0.5, 0.6) is 0 Å². The quantitative estimate of drug-likeness (QED) is 0.885. The van der Waals surface area contributed by atoms with Crippen LogP contribution in [0.4, 0.5) is 5.69 Å². The average molecular weight is 365 g/mol. The third-order valence-corrected chi connectivity index (χ3v) is 5.33. The summed E-state index contributed by atoms with van der Waals surface area (Å²) >= 11 is 12.5. The van der Waals surface area contributed by atoms with Crippen molar-refractivity contribution >= 4 is 28.9 Å². The molecule has 0 saturated carbocycles. The van der Waals surface area contributed by atoms with Crippen LogP contribution in [0.1, 0.15) is 17.2 Å². The lowest BCUT2D eigenvalue weighted by Crippen LogP contribution is -2.54. The fourth-order valence-corrected chi connectivity index (χ4v) is 3.81. The van der Waals surface area contributed by atoms with Gasteiger partial charge in [-0.05, 0) is 43.8 Å². The van der Waals surface area contributed by atoms with Crippen molar-refractivity contribution in [3.8, 4) is 0 Å². The Kier molecular flexibility index (Phi) is 5.36. The molecule has 0 spiro atoms. The van der Waals surface area contributed by atoms with Crippen LogP contribution in [-0.2, 0) is 0 Å². The Morgan fingerprint density at radius 2 is 1.79 bits per heavy atom. The van der Waals surface area contributed by atoms with Crippen LogP contribution in [0.25, 0.3) is 0 Å². The number of aliphatic hydroxyl groups excluding tert-OH is 1. The first-order valence-corrected chi connectivity index (χ1v) is 8.84. The van der Waals surface area contributed by atoms with Crippen molar-refractivity contribution in [3.05, 3.63) is 63.6 Å². The maximum Gasteiger partial charge on any atom is 0.0684 e. The lowest BCUT2D eigenvalue weighted by Gasteiger charge is -2.46. The van der Waals surface area contributed by atoms with Gasteiger partial charge in [0.1, 0.15) is 0 Å². The minimum Gasteiger partial charge on any atom is -0.395 e. The van der Waals surface area contributed by atoms with E-state index in [0.29, 0.717) is 10.0 Å². The molecule has 128 valence electrons. The van der Waals surface area contributed by atoms with Crippen LogP contribution in [0.3, 0.4) is 0 Å². The average Bonchev–Trinajstić information content (AvgIpc) is 2.56. The third-order valence-electron chi connectivity index (χ3n) is 4.77. The fourth-order valence-electron chi connectivity index (χ4n) is 3.27.